The number of hydrogen-bond donors (Lipinski definition) is 1. The third kappa shape index (κ3) is 5.52. The summed E-state index contributed by atoms with van der Waals surface area (Å²) in [7, 11) is 1.65. The van der Waals surface area contributed by atoms with Gasteiger partial charge in [-0.15, -0.1) is 10.2 Å². The van der Waals surface area contributed by atoms with Crippen molar-refractivity contribution in [1.82, 2.24) is 10.2 Å². The van der Waals surface area contributed by atoms with Gasteiger partial charge >= 0.3 is 0 Å². The number of ether oxygens (including phenoxy) is 2. The Morgan fingerprint density at radius 1 is 1.04 bits per heavy atom. The summed E-state index contributed by atoms with van der Waals surface area (Å²) in [5.41, 5.74) is 1.20. The SMILES string of the molecule is COc1ccc(CCc2nnc(NC(=O)C(C)Oc3ccccc3)s2)cc1. The largest absolute Gasteiger partial charge is 0.497 e. The van der Waals surface area contributed by atoms with Gasteiger partial charge in [0.2, 0.25) is 5.13 Å². The smallest absolute Gasteiger partial charge is 0.266 e. The molecule has 3 rings (SSSR count). The van der Waals surface area contributed by atoms with Crippen molar-refractivity contribution in [2.45, 2.75) is 25.9 Å². The van der Waals surface area contributed by atoms with Crippen LogP contribution >= 0.6 is 11.3 Å². The van der Waals surface area contributed by atoms with Gasteiger partial charge in [-0.3, -0.25) is 10.1 Å². The third-order valence-corrected chi connectivity index (χ3v) is 4.81. The van der Waals surface area contributed by atoms with Crippen molar-refractivity contribution in [2.24, 2.45) is 0 Å². The summed E-state index contributed by atoms with van der Waals surface area (Å²) in [6.07, 6.45) is 0.981. The zero-order chi connectivity index (χ0) is 19.1. The first-order chi connectivity index (χ1) is 13.1. The number of amides is 1. The standard InChI is InChI=1S/C20H21N3O3S/c1-14(26-17-6-4-3-5-7-17)19(24)21-20-23-22-18(27-20)13-10-15-8-11-16(25-2)12-9-15/h3-9,11-12,14H,10,13H2,1-2H3,(H,21,23,24). The maximum absolute atomic E-state index is 12.3. The van der Waals surface area contributed by atoms with Gasteiger partial charge in [-0.2, -0.15) is 0 Å². The summed E-state index contributed by atoms with van der Waals surface area (Å²) < 4.78 is 10.8. The number of benzene rings is 2. The van der Waals surface area contributed by atoms with Gasteiger partial charge in [-0.25, -0.2) is 0 Å². The molecule has 27 heavy (non-hydrogen) atoms. The Balaban J connectivity index is 1.50. The van der Waals surface area contributed by atoms with E-state index in [1.807, 2.05) is 54.6 Å². The maximum atomic E-state index is 12.3. The Bertz CT molecular complexity index is 866. The monoisotopic (exact) mass is 383 g/mol. The summed E-state index contributed by atoms with van der Waals surface area (Å²) in [5, 5.41) is 12.3. The van der Waals surface area contributed by atoms with Crippen molar-refractivity contribution >= 4 is 22.4 Å². The molecule has 0 aliphatic heterocycles. The molecule has 0 aliphatic rings. The zero-order valence-electron chi connectivity index (χ0n) is 15.2. The van der Waals surface area contributed by atoms with Gasteiger partial charge < -0.3 is 9.47 Å². The first-order valence-electron chi connectivity index (χ1n) is 8.62. The number of nitrogens with one attached hydrogen (secondary N) is 1. The Kier molecular flexibility index (Phi) is 6.38. The van der Waals surface area contributed by atoms with Crippen LogP contribution in [0, 0.1) is 0 Å². The van der Waals surface area contributed by atoms with E-state index in [1.165, 1.54) is 16.9 Å². The molecule has 0 aliphatic carbocycles. The number of hydrogen-bond acceptors (Lipinski definition) is 6. The molecule has 0 saturated heterocycles. The molecule has 6 nitrogen and oxygen atoms in total. The van der Waals surface area contributed by atoms with Gasteiger partial charge in [0.15, 0.2) is 6.10 Å². The zero-order valence-corrected chi connectivity index (χ0v) is 16.0. The first-order valence-corrected chi connectivity index (χ1v) is 9.43. The van der Waals surface area contributed by atoms with Crippen molar-refractivity contribution in [3.8, 4) is 11.5 Å². The molecule has 1 unspecified atom stereocenters. The number of para-hydroxylation sites is 1. The van der Waals surface area contributed by atoms with Crippen LogP contribution < -0.4 is 14.8 Å². The molecule has 7 heteroatoms. The number of aromatic nitrogens is 2. The molecule has 0 bridgehead atoms. The van der Waals surface area contributed by atoms with Crippen LogP contribution in [0.25, 0.3) is 0 Å². The van der Waals surface area contributed by atoms with Crippen LogP contribution in [0.3, 0.4) is 0 Å². The van der Waals surface area contributed by atoms with Gasteiger partial charge in [0.1, 0.15) is 16.5 Å². The van der Waals surface area contributed by atoms with Crippen LogP contribution in [-0.4, -0.2) is 29.3 Å². The number of carbonyl (C=O) groups excluding carboxylic acids is 1. The van der Waals surface area contributed by atoms with Crippen LogP contribution in [0.4, 0.5) is 5.13 Å². The molecule has 1 heterocycles. The number of anilines is 1. The highest BCUT2D eigenvalue weighted by Crippen LogP contribution is 2.19. The van der Waals surface area contributed by atoms with Crippen LogP contribution in [0.2, 0.25) is 0 Å². The molecule has 1 atom stereocenters. The first kappa shape index (κ1) is 18.8. The number of nitrogens with zero attached hydrogens (tertiary/aromatic N) is 2. The Morgan fingerprint density at radius 3 is 2.48 bits per heavy atom. The second kappa shape index (κ2) is 9.14. The minimum absolute atomic E-state index is 0.253. The van der Waals surface area contributed by atoms with Crippen LogP contribution in [0.1, 0.15) is 17.5 Å². The fourth-order valence-electron chi connectivity index (χ4n) is 2.41. The number of methoxy groups -OCH3 is 1. The minimum Gasteiger partial charge on any atom is -0.497 e. The molecular weight excluding hydrogens is 362 g/mol. The van der Waals surface area contributed by atoms with Crippen molar-refractivity contribution in [3.63, 3.8) is 0 Å². The summed E-state index contributed by atoms with van der Waals surface area (Å²) in [4.78, 5) is 12.3. The minimum atomic E-state index is -0.626. The van der Waals surface area contributed by atoms with E-state index in [1.54, 1.807) is 14.0 Å². The lowest BCUT2D eigenvalue weighted by Gasteiger charge is -2.13. The average Bonchev–Trinajstić information content (AvgIpc) is 3.15. The molecule has 0 fully saturated rings. The Labute approximate surface area is 162 Å². The molecular formula is C20H21N3O3S. The third-order valence-electron chi connectivity index (χ3n) is 3.91. The van der Waals surface area contributed by atoms with Crippen LogP contribution in [-0.2, 0) is 17.6 Å². The van der Waals surface area contributed by atoms with Crippen LogP contribution in [0.5, 0.6) is 11.5 Å². The summed E-state index contributed by atoms with van der Waals surface area (Å²) in [6, 6.07) is 17.2. The van der Waals surface area contributed by atoms with E-state index in [-0.39, 0.29) is 5.91 Å². The van der Waals surface area contributed by atoms with Gasteiger partial charge in [0, 0.05) is 6.42 Å². The van der Waals surface area contributed by atoms with E-state index >= 15 is 0 Å². The van der Waals surface area contributed by atoms with Crippen molar-refractivity contribution < 1.29 is 14.3 Å². The predicted molar refractivity (Wildman–Crippen MR) is 105 cm³/mol. The molecule has 3 aromatic rings. The van der Waals surface area contributed by atoms with Gasteiger partial charge in [-0.05, 0) is 43.2 Å². The van der Waals surface area contributed by atoms with Crippen molar-refractivity contribution in [3.05, 3.63) is 65.2 Å². The van der Waals surface area contributed by atoms with Crippen molar-refractivity contribution in [2.75, 3.05) is 12.4 Å². The fourth-order valence-corrected chi connectivity index (χ4v) is 3.15. The summed E-state index contributed by atoms with van der Waals surface area (Å²) in [6.45, 7) is 1.70. The molecule has 1 N–H and O–H groups in total. The predicted octanol–water partition coefficient (Wildman–Crippen LogP) is 3.74. The van der Waals surface area contributed by atoms with E-state index in [9.17, 15) is 4.79 Å². The Hall–Kier alpha value is -2.93. The van der Waals surface area contributed by atoms with E-state index in [2.05, 4.69) is 15.5 Å². The quantitative estimate of drug-likeness (QED) is 0.641. The average molecular weight is 383 g/mol. The molecule has 2 aromatic carbocycles. The molecule has 0 saturated carbocycles. The number of carbonyl (C=O) groups is 1. The highest BCUT2D eigenvalue weighted by atomic mass is 32.1. The maximum Gasteiger partial charge on any atom is 0.266 e. The molecule has 0 spiro atoms. The van der Waals surface area contributed by atoms with E-state index in [0.29, 0.717) is 10.9 Å². The van der Waals surface area contributed by atoms with E-state index in [0.717, 1.165) is 23.6 Å². The van der Waals surface area contributed by atoms with Crippen molar-refractivity contribution in [1.29, 1.82) is 0 Å². The van der Waals surface area contributed by atoms with Gasteiger partial charge in [0.25, 0.3) is 5.91 Å². The topological polar surface area (TPSA) is 73.3 Å². The lowest BCUT2D eigenvalue weighted by atomic mass is 10.1. The normalized spacial score (nSPS) is 11.6. The molecule has 140 valence electrons. The number of rotatable bonds is 8. The Morgan fingerprint density at radius 2 is 1.78 bits per heavy atom. The second-order valence-electron chi connectivity index (χ2n) is 5.91. The highest BCUT2D eigenvalue weighted by Gasteiger charge is 2.17. The lowest BCUT2D eigenvalue weighted by Crippen LogP contribution is -2.30. The molecule has 0 radical (unpaired) electrons. The molecule has 1 aromatic heterocycles. The summed E-state index contributed by atoms with van der Waals surface area (Å²) in [5.74, 6) is 1.24. The lowest BCUT2D eigenvalue weighted by molar-refractivity contribution is -0.122. The number of aryl methyl sites for hydroxylation is 2. The fraction of sp³-hybridized carbons (Fsp3) is 0.250. The summed E-state index contributed by atoms with van der Waals surface area (Å²) >= 11 is 1.38. The molecule has 1 amide bonds. The van der Waals surface area contributed by atoms with E-state index in [4.69, 9.17) is 9.47 Å². The van der Waals surface area contributed by atoms with Gasteiger partial charge in [0.05, 0.1) is 7.11 Å². The van der Waals surface area contributed by atoms with Gasteiger partial charge in [-0.1, -0.05) is 41.7 Å². The highest BCUT2D eigenvalue weighted by molar-refractivity contribution is 7.15. The van der Waals surface area contributed by atoms with Crippen LogP contribution in [0.15, 0.2) is 54.6 Å². The second-order valence-corrected chi connectivity index (χ2v) is 6.97. The van der Waals surface area contributed by atoms with E-state index < -0.39 is 6.10 Å².